The van der Waals surface area contributed by atoms with Crippen molar-refractivity contribution >= 4 is 29.0 Å². The van der Waals surface area contributed by atoms with E-state index in [4.69, 9.17) is 0 Å². The molecule has 0 bridgehead atoms. The highest BCUT2D eigenvalue weighted by atomic mass is 32.2. The molecule has 0 unspecified atom stereocenters. The molecular weight excluding hydrogens is 316 g/mol. The van der Waals surface area contributed by atoms with Crippen LogP contribution in [0.25, 0.3) is 10.7 Å². The Hall–Kier alpha value is -1.34. The zero-order valence-corrected chi connectivity index (χ0v) is 14.6. The van der Waals surface area contributed by atoms with Crippen molar-refractivity contribution in [1.29, 1.82) is 0 Å². The highest BCUT2D eigenvalue weighted by Gasteiger charge is 2.30. The first-order valence-corrected chi connectivity index (χ1v) is 9.23. The Labute approximate surface area is 138 Å². The second kappa shape index (κ2) is 6.04. The first kappa shape index (κ1) is 15.6. The lowest BCUT2D eigenvalue weighted by Crippen LogP contribution is -2.41. The molecule has 0 saturated heterocycles. The molecule has 22 heavy (non-hydrogen) atoms. The number of hydrogen-bond donors (Lipinski definition) is 1. The van der Waals surface area contributed by atoms with Gasteiger partial charge in [0.25, 0.3) is 0 Å². The average molecular weight is 336 g/mol. The second-order valence-electron chi connectivity index (χ2n) is 6.47. The molecule has 1 aliphatic carbocycles. The Bertz CT molecular complexity index is 654. The van der Waals surface area contributed by atoms with Crippen LogP contribution in [0.5, 0.6) is 0 Å². The van der Waals surface area contributed by atoms with E-state index < -0.39 is 0 Å². The molecule has 2 aromatic rings. The highest BCUT2D eigenvalue weighted by Crippen LogP contribution is 2.41. The summed E-state index contributed by atoms with van der Waals surface area (Å²) in [5.41, 5.74) is -0.204. The van der Waals surface area contributed by atoms with E-state index in [1.54, 1.807) is 11.3 Å². The van der Waals surface area contributed by atoms with Crippen LogP contribution in [-0.2, 0) is 4.79 Å². The number of carbonyl (C=O) groups excluding carboxylic acids is 1. The molecule has 2 aromatic heterocycles. The first-order valence-electron chi connectivity index (χ1n) is 7.36. The van der Waals surface area contributed by atoms with E-state index in [1.165, 1.54) is 11.8 Å². The van der Waals surface area contributed by atoms with Gasteiger partial charge in [-0.05, 0) is 45.1 Å². The number of aromatic nitrogens is 3. The van der Waals surface area contributed by atoms with Crippen molar-refractivity contribution in [3.63, 3.8) is 0 Å². The minimum atomic E-state index is -0.204. The fourth-order valence-corrected chi connectivity index (χ4v) is 3.71. The molecule has 7 heteroatoms. The summed E-state index contributed by atoms with van der Waals surface area (Å²) in [6, 6.07) is 4.57. The van der Waals surface area contributed by atoms with E-state index in [2.05, 4.69) is 26.1 Å². The van der Waals surface area contributed by atoms with E-state index in [9.17, 15) is 4.79 Å². The molecule has 0 radical (unpaired) electrons. The van der Waals surface area contributed by atoms with Crippen molar-refractivity contribution in [1.82, 2.24) is 20.1 Å². The van der Waals surface area contributed by atoms with Gasteiger partial charge in [0.1, 0.15) is 0 Å². The maximum Gasteiger partial charge on any atom is 0.230 e. The third-order valence-corrected chi connectivity index (χ3v) is 4.97. The molecule has 0 aromatic carbocycles. The number of amides is 1. The normalized spacial score (nSPS) is 15.0. The van der Waals surface area contributed by atoms with E-state index in [0.717, 1.165) is 28.7 Å². The summed E-state index contributed by atoms with van der Waals surface area (Å²) in [5.74, 6) is 1.32. The lowest BCUT2D eigenvalue weighted by atomic mass is 10.1. The summed E-state index contributed by atoms with van der Waals surface area (Å²) in [6.45, 7) is 5.95. The number of carbonyl (C=O) groups is 1. The minimum Gasteiger partial charge on any atom is -0.351 e. The van der Waals surface area contributed by atoms with Gasteiger partial charge < -0.3 is 5.32 Å². The number of nitrogens with one attached hydrogen (secondary N) is 1. The van der Waals surface area contributed by atoms with Crippen molar-refractivity contribution in [3.8, 4) is 10.7 Å². The van der Waals surface area contributed by atoms with Crippen LogP contribution >= 0.6 is 23.1 Å². The van der Waals surface area contributed by atoms with Crippen molar-refractivity contribution in [2.75, 3.05) is 5.75 Å². The molecule has 1 aliphatic rings. The van der Waals surface area contributed by atoms with Crippen LogP contribution in [0.15, 0.2) is 22.7 Å². The molecule has 3 rings (SSSR count). The maximum absolute atomic E-state index is 12.0. The molecule has 1 fully saturated rings. The molecule has 2 heterocycles. The van der Waals surface area contributed by atoms with Crippen LogP contribution in [0, 0.1) is 0 Å². The van der Waals surface area contributed by atoms with Gasteiger partial charge in [-0.1, -0.05) is 17.8 Å². The Morgan fingerprint density at radius 1 is 1.45 bits per heavy atom. The molecule has 1 N–H and O–H groups in total. The second-order valence-corrected chi connectivity index (χ2v) is 8.36. The van der Waals surface area contributed by atoms with Crippen molar-refractivity contribution in [2.45, 2.75) is 50.4 Å². The molecule has 1 saturated carbocycles. The fourth-order valence-electron chi connectivity index (χ4n) is 2.20. The zero-order chi connectivity index (χ0) is 15.7. The fraction of sp³-hybridized carbons (Fsp3) is 0.533. The van der Waals surface area contributed by atoms with Gasteiger partial charge in [-0.15, -0.1) is 21.5 Å². The Morgan fingerprint density at radius 3 is 2.82 bits per heavy atom. The smallest absolute Gasteiger partial charge is 0.230 e. The van der Waals surface area contributed by atoms with Gasteiger partial charge in [0, 0.05) is 11.6 Å². The summed E-state index contributed by atoms with van der Waals surface area (Å²) < 4.78 is 2.20. The van der Waals surface area contributed by atoms with Crippen molar-refractivity contribution in [2.24, 2.45) is 0 Å². The number of thioether (sulfide) groups is 1. The summed E-state index contributed by atoms with van der Waals surface area (Å²) in [4.78, 5) is 13.1. The number of thiophene rings is 1. The van der Waals surface area contributed by atoms with Gasteiger partial charge in [-0.3, -0.25) is 9.36 Å². The van der Waals surface area contributed by atoms with Crippen LogP contribution in [0.3, 0.4) is 0 Å². The Kier molecular flexibility index (Phi) is 4.27. The third-order valence-electron chi connectivity index (χ3n) is 3.16. The van der Waals surface area contributed by atoms with Crippen molar-refractivity contribution < 1.29 is 4.79 Å². The van der Waals surface area contributed by atoms with Crippen LogP contribution in [0.1, 0.15) is 39.7 Å². The van der Waals surface area contributed by atoms with E-state index in [-0.39, 0.29) is 11.4 Å². The van der Waals surface area contributed by atoms with Crippen LogP contribution in [0.4, 0.5) is 0 Å². The summed E-state index contributed by atoms with van der Waals surface area (Å²) in [6.07, 6.45) is 2.33. The third kappa shape index (κ3) is 3.70. The number of hydrogen-bond acceptors (Lipinski definition) is 5. The predicted octanol–water partition coefficient (Wildman–Crippen LogP) is 3.35. The van der Waals surface area contributed by atoms with Gasteiger partial charge in [-0.2, -0.15) is 0 Å². The first-order chi connectivity index (χ1) is 10.4. The summed E-state index contributed by atoms with van der Waals surface area (Å²) in [7, 11) is 0. The lowest BCUT2D eigenvalue weighted by Gasteiger charge is -2.20. The molecule has 0 atom stereocenters. The number of rotatable bonds is 5. The van der Waals surface area contributed by atoms with Crippen LogP contribution in [-0.4, -0.2) is 32.0 Å². The standard InChI is InChI=1S/C15H20N4OS2/c1-15(2,3)16-12(20)9-22-14-18-17-13(11-5-4-8-21-11)19(14)10-6-7-10/h4-5,8,10H,6-7,9H2,1-3H3,(H,16,20). The van der Waals surface area contributed by atoms with Crippen molar-refractivity contribution in [3.05, 3.63) is 17.5 Å². The Balaban J connectivity index is 1.73. The zero-order valence-electron chi connectivity index (χ0n) is 13.0. The van der Waals surface area contributed by atoms with Gasteiger partial charge in [-0.25, -0.2) is 0 Å². The molecule has 0 aliphatic heterocycles. The van der Waals surface area contributed by atoms with Gasteiger partial charge >= 0.3 is 0 Å². The van der Waals surface area contributed by atoms with E-state index in [0.29, 0.717) is 11.8 Å². The highest BCUT2D eigenvalue weighted by molar-refractivity contribution is 7.99. The molecule has 0 spiro atoms. The quantitative estimate of drug-likeness (QED) is 0.851. The average Bonchev–Trinajstić information content (AvgIpc) is 2.97. The molecule has 1 amide bonds. The SMILES string of the molecule is CC(C)(C)NC(=O)CSc1nnc(-c2cccs2)n1C1CC1. The Morgan fingerprint density at radius 2 is 2.23 bits per heavy atom. The van der Waals surface area contributed by atoms with Gasteiger partial charge in [0.2, 0.25) is 5.91 Å². The maximum atomic E-state index is 12.0. The lowest BCUT2D eigenvalue weighted by molar-refractivity contribution is -0.119. The largest absolute Gasteiger partial charge is 0.351 e. The predicted molar refractivity (Wildman–Crippen MR) is 90.2 cm³/mol. The molecular formula is C15H20N4OS2. The molecule has 118 valence electrons. The number of nitrogens with zero attached hydrogens (tertiary/aromatic N) is 3. The topological polar surface area (TPSA) is 59.8 Å². The summed E-state index contributed by atoms with van der Waals surface area (Å²) in [5, 5.41) is 14.5. The summed E-state index contributed by atoms with van der Waals surface area (Å²) >= 11 is 3.13. The van der Waals surface area contributed by atoms with Crippen LogP contribution in [0.2, 0.25) is 0 Å². The minimum absolute atomic E-state index is 0.0283. The van der Waals surface area contributed by atoms with E-state index in [1.807, 2.05) is 32.2 Å². The van der Waals surface area contributed by atoms with E-state index >= 15 is 0 Å². The van der Waals surface area contributed by atoms with Gasteiger partial charge in [0.05, 0.1) is 10.6 Å². The van der Waals surface area contributed by atoms with Gasteiger partial charge in [0.15, 0.2) is 11.0 Å². The molecule has 5 nitrogen and oxygen atoms in total. The monoisotopic (exact) mass is 336 g/mol. The van der Waals surface area contributed by atoms with Crippen LogP contribution < -0.4 is 5.32 Å².